The largest absolute Gasteiger partial charge is 0.496 e. The monoisotopic (exact) mass is 288 g/mol. The molecule has 0 saturated heterocycles. The lowest BCUT2D eigenvalue weighted by Gasteiger charge is -2.09. The second-order valence-electron chi connectivity index (χ2n) is 4.26. The van der Waals surface area contributed by atoms with Gasteiger partial charge in [0.05, 0.1) is 7.11 Å². The van der Waals surface area contributed by atoms with Crippen LogP contribution in [-0.4, -0.2) is 13.0 Å². The first-order valence-corrected chi connectivity index (χ1v) is 7.04. The molecule has 2 rings (SSSR count). The number of thioether (sulfide) groups is 1. The van der Waals surface area contributed by atoms with Gasteiger partial charge in [-0.2, -0.15) is 0 Å². The summed E-state index contributed by atoms with van der Waals surface area (Å²) in [5.74, 6) is 1.13. The van der Waals surface area contributed by atoms with Gasteiger partial charge in [-0.05, 0) is 29.8 Å². The topological polar surface area (TPSA) is 78.3 Å². The average molecular weight is 288 g/mol. The first kappa shape index (κ1) is 14.3. The quantitative estimate of drug-likeness (QED) is 0.655. The van der Waals surface area contributed by atoms with Gasteiger partial charge in [-0.3, -0.25) is 4.79 Å². The molecule has 0 aliphatic rings. The maximum absolute atomic E-state index is 11.0. The lowest BCUT2D eigenvalue weighted by atomic mass is 10.1. The van der Waals surface area contributed by atoms with E-state index >= 15 is 0 Å². The third-order valence-electron chi connectivity index (χ3n) is 2.82. The molecule has 104 valence electrons. The molecule has 0 aromatic heterocycles. The molecule has 0 atom stereocenters. The molecule has 0 radical (unpaired) electrons. The molecular weight excluding hydrogens is 272 g/mol. The van der Waals surface area contributed by atoms with E-state index in [1.54, 1.807) is 37.1 Å². The molecule has 4 N–H and O–H groups in total. The van der Waals surface area contributed by atoms with Crippen molar-refractivity contribution in [2.24, 2.45) is 5.73 Å². The predicted molar refractivity (Wildman–Crippen MR) is 81.9 cm³/mol. The molecule has 0 heterocycles. The fourth-order valence-electron chi connectivity index (χ4n) is 1.73. The van der Waals surface area contributed by atoms with E-state index in [1.807, 2.05) is 24.3 Å². The number of benzene rings is 2. The summed E-state index contributed by atoms with van der Waals surface area (Å²) in [6.07, 6.45) is 0. The number of nitrogens with two attached hydrogens (primary N) is 2. The van der Waals surface area contributed by atoms with Crippen LogP contribution in [0.1, 0.15) is 15.9 Å². The summed E-state index contributed by atoms with van der Waals surface area (Å²) in [4.78, 5) is 12.0. The number of hydrogen-bond donors (Lipinski definition) is 2. The number of nitrogen functional groups attached to an aromatic ring is 1. The second kappa shape index (κ2) is 6.34. The van der Waals surface area contributed by atoms with E-state index in [0.29, 0.717) is 11.3 Å². The molecule has 1 amide bonds. The van der Waals surface area contributed by atoms with Crippen LogP contribution in [0.2, 0.25) is 0 Å². The van der Waals surface area contributed by atoms with Gasteiger partial charge in [0, 0.05) is 28.0 Å². The average Bonchev–Trinajstić information content (AvgIpc) is 2.46. The fraction of sp³-hybridized carbons (Fsp3) is 0.133. The van der Waals surface area contributed by atoms with E-state index in [-0.39, 0.29) is 0 Å². The van der Waals surface area contributed by atoms with Gasteiger partial charge in [0.25, 0.3) is 0 Å². The molecule has 0 aliphatic carbocycles. The lowest BCUT2D eigenvalue weighted by molar-refractivity contribution is 0.100. The van der Waals surface area contributed by atoms with Crippen molar-refractivity contribution in [1.82, 2.24) is 0 Å². The van der Waals surface area contributed by atoms with Crippen LogP contribution in [0.15, 0.2) is 47.4 Å². The number of amides is 1. The number of anilines is 1. The zero-order chi connectivity index (χ0) is 14.5. The minimum atomic E-state index is -0.413. The molecule has 2 aromatic carbocycles. The van der Waals surface area contributed by atoms with Gasteiger partial charge in [0.15, 0.2) is 0 Å². The Morgan fingerprint density at radius 2 is 1.90 bits per heavy atom. The number of carbonyl (C=O) groups excluding carboxylic acids is 1. The normalized spacial score (nSPS) is 10.2. The van der Waals surface area contributed by atoms with Crippen LogP contribution in [0.5, 0.6) is 5.75 Å². The van der Waals surface area contributed by atoms with Crippen molar-refractivity contribution < 1.29 is 9.53 Å². The highest BCUT2D eigenvalue weighted by molar-refractivity contribution is 7.98. The Labute approximate surface area is 122 Å². The van der Waals surface area contributed by atoms with Crippen LogP contribution in [0.4, 0.5) is 5.69 Å². The smallest absolute Gasteiger partial charge is 0.248 e. The maximum atomic E-state index is 11.0. The van der Waals surface area contributed by atoms with E-state index in [4.69, 9.17) is 16.2 Å². The van der Waals surface area contributed by atoms with Crippen LogP contribution in [0.3, 0.4) is 0 Å². The van der Waals surface area contributed by atoms with Crippen LogP contribution in [-0.2, 0) is 5.75 Å². The molecule has 4 nitrogen and oxygen atoms in total. The number of ether oxygens (including phenoxy) is 1. The van der Waals surface area contributed by atoms with Crippen molar-refractivity contribution in [2.75, 3.05) is 12.8 Å². The number of methoxy groups -OCH3 is 1. The zero-order valence-electron chi connectivity index (χ0n) is 11.1. The number of rotatable bonds is 5. The highest BCUT2D eigenvalue weighted by Gasteiger charge is 2.05. The highest BCUT2D eigenvalue weighted by atomic mass is 32.2. The maximum Gasteiger partial charge on any atom is 0.248 e. The molecule has 0 unspecified atom stereocenters. The van der Waals surface area contributed by atoms with Crippen molar-refractivity contribution in [3.05, 3.63) is 53.6 Å². The van der Waals surface area contributed by atoms with Gasteiger partial charge >= 0.3 is 0 Å². The van der Waals surface area contributed by atoms with Crippen molar-refractivity contribution in [1.29, 1.82) is 0 Å². The summed E-state index contributed by atoms with van der Waals surface area (Å²) in [7, 11) is 1.63. The van der Waals surface area contributed by atoms with Crippen molar-refractivity contribution in [3.8, 4) is 5.75 Å². The zero-order valence-corrected chi connectivity index (χ0v) is 11.9. The minimum Gasteiger partial charge on any atom is -0.496 e. The highest BCUT2D eigenvalue weighted by Crippen LogP contribution is 2.33. The standard InChI is InChI=1S/C15H16N2O2S/c1-19-13-8-12(16)6-7-14(13)20-9-10-2-4-11(5-3-10)15(17)18/h2-8H,9,16H2,1H3,(H2,17,18). The van der Waals surface area contributed by atoms with Crippen LogP contribution >= 0.6 is 11.8 Å². The molecule has 0 saturated carbocycles. The van der Waals surface area contributed by atoms with Crippen LogP contribution < -0.4 is 16.2 Å². The Bertz CT molecular complexity index is 612. The van der Waals surface area contributed by atoms with Crippen molar-refractivity contribution in [3.63, 3.8) is 0 Å². The summed E-state index contributed by atoms with van der Waals surface area (Å²) in [6, 6.07) is 12.9. The molecule has 0 spiro atoms. The third kappa shape index (κ3) is 3.45. The Morgan fingerprint density at radius 3 is 2.50 bits per heavy atom. The predicted octanol–water partition coefficient (Wildman–Crippen LogP) is 2.67. The SMILES string of the molecule is COc1cc(N)ccc1SCc1ccc(C(N)=O)cc1. The van der Waals surface area contributed by atoms with Crippen molar-refractivity contribution >= 4 is 23.4 Å². The van der Waals surface area contributed by atoms with Gasteiger partial charge in [0.1, 0.15) is 5.75 Å². The number of primary amides is 1. The van der Waals surface area contributed by atoms with Gasteiger partial charge < -0.3 is 16.2 Å². The van der Waals surface area contributed by atoms with E-state index < -0.39 is 5.91 Å². The first-order chi connectivity index (χ1) is 9.60. The summed E-state index contributed by atoms with van der Waals surface area (Å²) in [5.41, 5.74) is 13.2. The second-order valence-corrected chi connectivity index (χ2v) is 5.28. The van der Waals surface area contributed by atoms with Gasteiger partial charge in [-0.1, -0.05) is 12.1 Å². The Kier molecular flexibility index (Phi) is 4.53. The molecule has 0 fully saturated rings. The van der Waals surface area contributed by atoms with E-state index in [0.717, 1.165) is 22.0 Å². The molecule has 5 heteroatoms. The molecule has 20 heavy (non-hydrogen) atoms. The number of carbonyl (C=O) groups is 1. The van der Waals surface area contributed by atoms with E-state index in [1.165, 1.54) is 0 Å². The van der Waals surface area contributed by atoms with E-state index in [9.17, 15) is 4.79 Å². The first-order valence-electron chi connectivity index (χ1n) is 6.05. The van der Waals surface area contributed by atoms with Gasteiger partial charge in [-0.15, -0.1) is 11.8 Å². The molecule has 0 aliphatic heterocycles. The fourth-order valence-corrected chi connectivity index (χ4v) is 2.69. The summed E-state index contributed by atoms with van der Waals surface area (Å²) >= 11 is 1.65. The Hall–Kier alpha value is -2.14. The molecular formula is C15H16N2O2S. The molecule has 2 aromatic rings. The van der Waals surface area contributed by atoms with Gasteiger partial charge in [0.2, 0.25) is 5.91 Å². The summed E-state index contributed by atoms with van der Waals surface area (Å²) in [6.45, 7) is 0. The van der Waals surface area contributed by atoms with Gasteiger partial charge in [-0.25, -0.2) is 0 Å². The van der Waals surface area contributed by atoms with Crippen molar-refractivity contribution in [2.45, 2.75) is 10.6 Å². The Morgan fingerprint density at radius 1 is 1.20 bits per heavy atom. The Balaban J connectivity index is 2.06. The van der Waals surface area contributed by atoms with E-state index in [2.05, 4.69) is 0 Å². The molecule has 0 bridgehead atoms. The lowest BCUT2D eigenvalue weighted by Crippen LogP contribution is -2.10. The summed E-state index contributed by atoms with van der Waals surface area (Å²) < 4.78 is 5.30. The third-order valence-corrected chi connectivity index (χ3v) is 3.95. The van der Waals surface area contributed by atoms with Crippen LogP contribution in [0.25, 0.3) is 0 Å². The minimum absolute atomic E-state index is 0.413. The summed E-state index contributed by atoms with van der Waals surface area (Å²) in [5, 5.41) is 0. The van der Waals surface area contributed by atoms with Crippen LogP contribution in [0, 0.1) is 0 Å². The number of hydrogen-bond acceptors (Lipinski definition) is 4.